The number of anilines is 1. The first kappa shape index (κ1) is 19.0. The number of nitrogens with zero attached hydrogens (tertiary/aromatic N) is 2. The maximum Gasteiger partial charge on any atom is 0.326 e. The number of fused-ring (bicyclic) bond motifs is 2. The smallest absolute Gasteiger partial charge is 0.325 e. The average Bonchev–Trinajstić information content (AvgIpc) is 3.31. The van der Waals surface area contributed by atoms with Crippen LogP contribution >= 0.6 is 0 Å². The molecule has 3 aromatic rings. The van der Waals surface area contributed by atoms with Crippen molar-refractivity contribution < 1.29 is 18.8 Å². The summed E-state index contributed by atoms with van der Waals surface area (Å²) >= 11 is 0. The van der Waals surface area contributed by atoms with Crippen molar-refractivity contribution in [1.82, 2.24) is 19.8 Å². The highest BCUT2D eigenvalue weighted by molar-refractivity contribution is 6.07. The Labute approximate surface area is 174 Å². The number of aromatic nitrogens is 2. The van der Waals surface area contributed by atoms with E-state index < -0.39 is 29.0 Å². The molecule has 31 heavy (non-hydrogen) atoms. The molecule has 2 heterocycles. The highest BCUT2D eigenvalue weighted by Gasteiger charge is 2.54. The molecule has 158 valence electrons. The van der Waals surface area contributed by atoms with Gasteiger partial charge in [0.1, 0.15) is 17.9 Å². The van der Waals surface area contributed by atoms with Crippen LogP contribution in [0.4, 0.5) is 14.9 Å². The van der Waals surface area contributed by atoms with Crippen LogP contribution in [0, 0.1) is 5.82 Å². The summed E-state index contributed by atoms with van der Waals surface area (Å²) in [6.45, 7) is -0.245. The van der Waals surface area contributed by atoms with Crippen LogP contribution in [0.25, 0.3) is 11.0 Å². The molecule has 1 aromatic heterocycles. The van der Waals surface area contributed by atoms with Gasteiger partial charge in [0, 0.05) is 25.6 Å². The molecule has 5 rings (SSSR count). The molecule has 10 heteroatoms. The van der Waals surface area contributed by atoms with Gasteiger partial charge in [0.15, 0.2) is 0 Å². The lowest BCUT2D eigenvalue weighted by molar-refractivity contribution is -0.125. The summed E-state index contributed by atoms with van der Waals surface area (Å²) in [4.78, 5) is 53.0. The number of imidazole rings is 1. The van der Waals surface area contributed by atoms with Crippen LogP contribution in [-0.2, 0) is 29.0 Å². The Balaban J connectivity index is 1.35. The van der Waals surface area contributed by atoms with Gasteiger partial charge in [0.2, 0.25) is 5.91 Å². The Morgan fingerprint density at radius 1 is 1.13 bits per heavy atom. The molecule has 0 unspecified atom stereocenters. The Morgan fingerprint density at radius 3 is 2.65 bits per heavy atom. The zero-order valence-corrected chi connectivity index (χ0v) is 16.5. The van der Waals surface area contributed by atoms with E-state index in [4.69, 9.17) is 0 Å². The van der Waals surface area contributed by atoms with Crippen LogP contribution in [0.5, 0.6) is 0 Å². The summed E-state index contributed by atoms with van der Waals surface area (Å²) in [5, 5.41) is 5.10. The lowest BCUT2D eigenvalue weighted by atomic mass is 9.95. The highest BCUT2D eigenvalue weighted by atomic mass is 19.1. The van der Waals surface area contributed by atoms with Gasteiger partial charge in [-0.15, -0.1) is 0 Å². The fourth-order valence-electron chi connectivity index (χ4n) is 4.41. The number of halogens is 1. The minimum Gasteiger partial charge on any atom is -0.325 e. The minimum absolute atomic E-state index is 0.245. The number of hydrogen-bond acceptors (Lipinski definition) is 4. The largest absolute Gasteiger partial charge is 0.326 e. The van der Waals surface area contributed by atoms with Crippen molar-refractivity contribution >= 4 is 34.6 Å². The van der Waals surface area contributed by atoms with E-state index in [9.17, 15) is 23.6 Å². The zero-order chi connectivity index (χ0) is 21.9. The number of likely N-dealkylation sites (N-methyl/N-ethyl adjacent to an activating group) is 1. The van der Waals surface area contributed by atoms with E-state index in [0.717, 1.165) is 11.1 Å². The van der Waals surface area contributed by atoms with Gasteiger partial charge in [-0.1, -0.05) is 6.07 Å². The summed E-state index contributed by atoms with van der Waals surface area (Å²) in [5.41, 5.74) is 1.62. The summed E-state index contributed by atoms with van der Waals surface area (Å²) < 4.78 is 14.6. The molecule has 0 bridgehead atoms. The maximum atomic E-state index is 13.4. The molecule has 2 aromatic carbocycles. The second-order valence-electron chi connectivity index (χ2n) is 7.91. The van der Waals surface area contributed by atoms with Gasteiger partial charge >= 0.3 is 11.7 Å². The Morgan fingerprint density at radius 2 is 1.90 bits per heavy atom. The van der Waals surface area contributed by atoms with Crippen LogP contribution in [-0.4, -0.2) is 44.9 Å². The SMILES string of the molecule is CN1C(=O)NC(=O)[C@]12Cc1ccc(NC(=O)Cn3c(=O)[nH]c4cc(F)ccc43)cc1C2. The van der Waals surface area contributed by atoms with Crippen molar-refractivity contribution in [2.24, 2.45) is 0 Å². The van der Waals surface area contributed by atoms with Gasteiger partial charge in [-0.3, -0.25) is 19.5 Å². The number of nitrogens with one attached hydrogen (secondary N) is 3. The predicted octanol–water partition coefficient (Wildman–Crippen LogP) is 1.13. The topological polar surface area (TPSA) is 116 Å². The van der Waals surface area contributed by atoms with Crippen molar-refractivity contribution in [3.05, 3.63) is 63.8 Å². The van der Waals surface area contributed by atoms with Gasteiger partial charge in [0.05, 0.1) is 11.0 Å². The molecule has 1 saturated heterocycles. The number of urea groups is 1. The first-order valence-corrected chi connectivity index (χ1v) is 9.66. The fourth-order valence-corrected chi connectivity index (χ4v) is 4.41. The molecular formula is C21H18FN5O4. The number of carbonyl (C=O) groups is 3. The Bertz CT molecular complexity index is 1340. The van der Waals surface area contributed by atoms with E-state index in [1.807, 2.05) is 6.07 Å². The summed E-state index contributed by atoms with van der Waals surface area (Å²) in [7, 11) is 1.60. The standard InChI is InChI=1S/C21H18FN5O4/c1-26-19(30)25-18(29)21(26)8-11-2-4-14(6-12(11)9-21)23-17(28)10-27-16-5-3-13(22)7-15(16)24-20(27)31/h2-7H,8-10H2,1H3,(H,23,28)(H,24,31)(H,25,29,30)/t21-/m1/s1. The zero-order valence-electron chi connectivity index (χ0n) is 16.5. The lowest BCUT2D eigenvalue weighted by Crippen LogP contribution is -2.48. The summed E-state index contributed by atoms with van der Waals surface area (Å²) in [5.74, 6) is -1.23. The number of rotatable bonds is 3. The van der Waals surface area contributed by atoms with Crippen LogP contribution < -0.4 is 16.3 Å². The second-order valence-corrected chi connectivity index (χ2v) is 7.91. The van der Waals surface area contributed by atoms with Crippen LogP contribution in [0.2, 0.25) is 0 Å². The molecule has 2 aliphatic rings. The number of imide groups is 1. The number of aromatic amines is 1. The molecular weight excluding hydrogens is 405 g/mol. The Hall–Kier alpha value is -3.95. The third-order valence-corrected chi connectivity index (χ3v) is 6.08. The van der Waals surface area contributed by atoms with Crippen molar-refractivity contribution in [2.75, 3.05) is 12.4 Å². The molecule has 1 spiro atoms. The summed E-state index contributed by atoms with van der Waals surface area (Å²) in [6.07, 6.45) is 0.763. The molecule has 0 saturated carbocycles. The van der Waals surface area contributed by atoms with E-state index in [0.29, 0.717) is 29.6 Å². The second kappa shape index (κ2) is 6.53. The molecule has 1 atom stereocenters. The van der Waals surface area contributed by atoms with Crippen LogP contribution in [0.3, 0.4) is 0 Å². The number of H-pyrrole nitrogens is 1. The van der Waals surface area contributed by atoms with Gasteiger partial charge in [-0.25, -0.2) is 14.0 Å². The van der Waals surface area contributed by atoms with E-state index >= 15 is 0 Å². The average molecular weight is 423 g/mol. The van der Waals surface area contributed by atoms with Crippen LogP contribution in [0.1, 0.15) is 11.1 Å². The summed E-state index contributed by atoms with van der Waals surface area (Å²) in [6, 6.07) is 8.76. The monoisotopic (exact) mass is 423 g/mol. The van der Waals surface area contributed by atoms with Gasteiger partial charge in [-0.05, 0) is 41.5 Å². The van der Waals surface area contributed by atoms with E-state index in [2.05, 4.69) is 15.6 Å². The molecule has 1 fully saturated rings. The quantitative estimate of drug-likeness (QED) is 0.548. The van der Waals surface area contributed by atoms with E-state index in [1.165, 1.54) is 27.7 Å². The Kier molecular flexibility index (Phi) is 4.01. The van der Waals surface area contributed by atoms with Crippen molar-refractivity contribution in [2.45, 2.75) is 24.9 Å². The molecule has 1 aliphatic heterocycles. The van der Waals surface area contributed by atoms with Crippen molar-refractivity contribution in [3.8, 4) is 0 Å². The van der Waals surface area contributed by atoms with Gasteiger partial charge in [-0.2, -0.15) is 0 Å². The highest BCUT2D eigenvalue weighted by Crippen LogP contribution is 2.38. The molecule has 9 nitrogen and oxygen atoms in total. The van der Waals surface area contributed by atoms with Crippen molar-refractivity contribution in [3.63, 3.8) is 0 Å². The maximum absolute atomic E-state index is 13.4. The third-order valence-electron chi connectivity index (χ3n) is 6.08. The van der Waals surface area contributed by atoms with Crippen molar-refractivity contribution in [1.29, 1.82) is 0 Å². The predicted molar refractivity (Wildman–Crippen MR) is 109 cm³/mol. The molecule has 0 radical (unpaired) electrons. The third kappa shape index (κ3) is 2.90. The van der Waals surface area contributed by atoms with Crippen LogP contribution in [0.15, 0.2) is 41.2 Å². The van der Waals surface area contributed by atoms with Gasteiger partial charge in [0.25, 0.3) is 5.91 Å². The minimum atomic E-state index is -0.936. The molecule has 3 N–H and O–H groups in total. The van der Waals surface area contributed by atoms with Gasteiger partial charge < -0.3 is 15.2 Å². The lowest BCUT2D eigenvalue weighted by Gasteiger charge is -2.27. The first-order chi connectivity index (χ1) is 14.8. The number of carbonyl (C=O) groups excluding carboxylic acids is 3. The van der Waals surface area contributed by atoms with E-state index in [1.54, 1.807) is 19.2 Å². The molecule has 4 amide bonds. The number of hydrogen-bond donors (Lipinski definition) is 3. The first-order valence-electron chi connectivity index (χ1n) is 9.66. The number of benzene rings is 2. The van der Waals surface area contributed by atoms with E-state index in [-0.39, 0.29) is 12.5 Å². The fraction of sp³-hybridized carbons (Fsp3) is 0.238. The normalized spacial score (nSPS) is 19.9. The number of amides is 4. The molecule has 1 aliphatic carbocycles.